The van der Waals surface area contributed by atoms with E-state index in [1.807, 2.05) is 23.1 Å². The standard InChI is InChI=1S/C29H29FN8O.ClH/c1-39-25-6-2-5-23(30)28(25)29-18(13-31)7-10-26(36-29)35-27-12-24(37-11-3-4-20(32)17-37)22(15-33-27)19-14-34-38(16-19)21-8-9-21;/h2,5-7,10,12,14-16,20-21H,3-4,8-9,11,17,32H2,1H3,(H,33,35,36);1H/t20-;/m0./s1. The molecule has 206 valence electrons. The second-order valence-electron chi connectivity index (χ2n) is 10.0. The SMILES string of the molecule is COc1cccc(F)c1-c1nc(Nc2cc(N3CCC[C@H](N)C3)c(-c3cnn(C4CC4)c3)cn2)ccc1C#N.Cl. The molecule has 0 bridgehead atoms. The van der Waals surface area contributed by atoms with Crippen LogP contribution in [0, 0.1) is 17.1 Å². The topological polar surface area (TPSA) is 118 Å². The number of aromatic nitrogens is 4. The number of ether oxygens (including phenoxy) is 1. The molecule has 40 heavy (non-hydrogen) atoms. The lowest BCUT2D eigenvalue weighted by molar-refractivity contribution is 0.413. The van der Waals surface area contributed by atoms with Crippen molar-refractivity contribution in [1.29, 1.82) is 5.26 Å². The molecule has 3 N–H and O–H groups in total. The monoisotopic (exact) mass is 560 g/mol. The summed E-state index contributed by atoms with van der Waals surface area (Å²) in [7, 11) is 1.46. The van der Waals surface area contributed by atoms with Crippen LogP contribution < -0.4 is 20.7 Å². The van der Waals surface area contributed by atoms with Crippen LogP contribution in [0.5, 0.6) is 5.75 Å². The summed E-state index contributed by atoms with van der Waals surface area (Å²) in [6.07, 6.45) is 10.2. The van der Waals surface area contributed by atoms with Crippen molar-refractivity contribution >= 4 is 29.7 Å². The summed E-state index contributed by atoms with van der Waals surface area (Å²) in [5.41, 5.74) is 9.93. The molecule has 2 aliphatic rings. The van der Waals surface area contributed by atoms with Crippen molar-refractivity contribution in [2.75, 3.05) is 30.4 Å². The molecular formula is C29H30ClFN8O. The lowest BCUT2D eigenvalue weighted by Crippen LogP contribution is -2.43. The second-order valence-corrected chi connectivity index (χ2v) is 10.0. The van der Waals surface area contributed by atoms with Crippen molar-refractivity contribution in [3.05, 3.63) is 66.4 Å². The van der Waals surface area contributed by atoms with Crippen molar-refractivity contribution in [1.82, 2.24) is 19.7 Å². The maximum atomic E-state index is 14.9. The fraction of sp³-hybridized carbons (Fsp3) is 0.310. The highest BCUT2D eigenvalue weighted by Gasteiger charge is 2.26. The molecule has 1 aliphatic carbocycles. The number of hydrogen-bond acceptors (Lipinski definition) is 8. The lowest BCUT2D eigenvalue weighted by atomic mass is 10.0. The van der Waals surface area contributed by atoms with Crippen LogP contribution >= 0.6 is 12.4 Å². The number of nitrogens with zero attached hydrogens (tertiary/aromatic N) is 6. The number of methoxy groups -OCH3 is 1. The van der Waals surface area contributed by atoms with Crippen LogP contribution in [-0.2, 0) is 0 Å². The summed E-state index contributed by atoms with van der Waals surface area (Å²) in [5, 5.41) is 17.5. The van der Waals surface area contributed by atoms with Crippen molar-refractivity contribution in [3.63, 3.8) is 0 Å². The number of anilines is 3. The molecule has 1 aromatic carbocycles. The van der Waals surface area contributed by atoms with Crippen LogP contribution in [0.1, 0.15) is 37.3 Å². The number of nitrogens with two attached hydrogens (primary N) is 1. The Bertz CT molecular complexity index is 1560. The minimum atomic E-state index is -0.520. The molecule has 4 heterocycles. The van der Waals surface area contributed by atoms with E-state index in [1.54, 1.807) is 24.3 Å². The number of benzene rings is 1. The minimum Gasteiger partial charge on any atom is -0.496 e. The van der Waals surface area contributed by atoms with Gasteiger partial charge < -0.3 is 20.7 Å². The first-order chi connectivity index (χ1) is 19.0. The number of rotatable bonds is 7. The summed E-state index contributed by atoms with van der Waals surface area (Å²) < 4.78 is 22.3. The van der Waals surface area contributed by atoms with E-state index in [0.29, 0.717) is 23.4 Å². The maximum absolute atomic E-state index is 14.9. The molecule has 0 unspecified atom stereocenters. The second kappa shape index (κ2) is 11.5. The first-order valence-electron chi connectivity index (χ1n) is 13.1. The van der Waals surface area contributed by atoms with Crippen LogP contribution in [0.3, 0.4) is 0 Å². The lowest BCUT2D eigenvalue weighted by Gasteiger charge is -2.34. The van der Waals surface area contributed by atoms with Crippen LogP contribution in [0.2, 0.25) is 0 Å². The quantitative estimate of drug-likeness (QED) is 0.306. The van der Waals surface area contributed by atoms with Gasteiger partial charge in [0.25, 0.3) is 0 Å². The van der Waals surface area contributed by atoms with Crippen LogP contribution in [0.15, 0.2) is 55.0 Å². The third kappa shape index (κ3) is 5.43. The van der Waals surface area contributed by atoms with Gasteiger partial charge >= 0.3 is 0 Å². The van der Waals surface area contributed by atoms with Crippen molar-refractivity contribution < 1.29 is 9.13 Å². The van der Waals surface area contributed by atoms with Gasteiger partial charge in [-0.3, -0.25) is 4.68 Å². The van der Waals surface area contributed by atoms with Crippen LogP contribution in [-0.4, -0.2) is 46.0 Å². The van der Waals surface area contributed by atoms with Gasteiger partial charge in [0.15, 0.2) is 0 Å². The van der Waals surface area contributed by atoms with E-state index in [9.17, 15) is 9.65 Å². The van der Waals surface area contributed by atoms with E-state index < -0.39 is 5.82 Å². The van der Waals surface area contributed by atoms with Crippen LogP contribution in [0.25, 0.3) is 22.4 Å². The molecule has 9 nitrogen and oxygen atoms in total. The smallest absolute Gasteiger partial charge is 0.136 e. The Morgan fingerprint density at radius 2 is 2.00 bits per heavy atom. The number of nitrogens with one attached hydrogen (secondary N) is 1. The first-order valence-corrected chi connectivity index (χ1v) is 13.1. The summed E-state index contributed by atoms with van der Waals surface area (Å²) in [6, 6.07) is 12.5. The molecule has 1 aliphatic heterocycles. The number of halogens is 2. The van der Waals surface area contributed by atoms with E-state index >= 15 is 0 Å². The van der Waals surface area contributed by atoms with E-state index in [0.717, 1.165) is 55.6 Å². The predicted octanol–water partition coefficient (Wildman–Crippen LogP) is 5.45. The van der Waals surface area contributed by atoms with Gasteiger partial charge in [0.2, 0.25) is 0 Å². The van der Waals surface area contributed by atoms with Gasteiger partial charge in [-0.15, -0.1) is 12.4 Å². The first kappa shape index (κ1) is 27.4. The number of nitriles is 1. The highest BCUT2D eigenvalue weighted by Crippen LogP contribution is 2.39. The van der Waals surface area contributed by atoms with Crippen molar-refractivity contribution in [3.8, 4) is 34.2 Å². The van der Waals surface area contributed by atoms with Gasteiger partial charge in [-0.25, -0.2) is 14.4 Å². The van der Waals surface area contributed by atoms with Gasteiger partial charge in [-0.05, 0) is 49.9 Å². The van der Waals surface area contributed by atoms with Gasteiger partial charge in [0.1, 0.15) is 29.3 Å². The zero-order valence-corrected chi connectivity index (χ0v) is 22.9. The third-order valence-electron chi connectivity index (χ3n) is 7.22. The van der Waals surface area contributed by atoms with E-state index in [-0.39, 0.29) is 35.3 Å². The summed E-state index contributed by atoms with van der Waals surface area (Å²) in [6.45, 7) is 1.65. The summed E-state index contributed by atoms with van der Waals surface area (Å²) >= 11 is 0. The Hall–Kier alpha value is -4.20. The Balaban J connectivity index is 0.00000323. The molecule has 1 saturated carbocycles. The maximum Gasteiger partial charge on any atom is 0.136 e. The van der Waals surface area contributed by atoms with Gasteiger partial charge in [-0.2, -0.15) is 10.4 Å². The molecule has 1 saturated heterocycles. The molecule has 0 amide bonds. The summed E-state index contributed by atoms with van der Waals surface area (Å²) in [4.78, 5) is 11.6. The Labute approximate surface area is 238 Å². The average Bonchev–Trinajstić information content (AvgIpc) is 3.69. The van der Waals surface area contributed by atoms with E-state index in [1.165, 1.54) is 13.2 Å². The molecule has 1 atom stereocenters. The fourth-order valence-corrected chi connectivity index (χ4v) is 5.09. The average molecular weight is 561 g/mol. The molecule has 0 spiro atoms. The molecule has 0 radical (unpaired) electrons. The number of hydrogen-bond donors (Lipinski definition) is 2. The molecule has 11 heteroatoms. The largest absolute Gasteiger partial charge is 0.496 e. The van der Waals surface area contributed by atoms with Crippen molar-refractivity contribution in [2.24, 2.45) is 5.73 Å². The molecular weight excluding hydrogens is 531 g/mol. The Kier molecular flexibility index (Phi) is 7.87. The van der Waals surface area contributed by atoms with Gasteiger partial charge in [0, 0.05) is 54.4 Å². The highest BCUT2D eigenvalue weighted by atomic mass is 35.5. The molecule has 3 aromatic heterocycles. The molecule has 2 fully saturated rings. The Morgan fingerprint density at radius 3 is 2.75 bits per heavy atom. The predicted molar refractivity (Wildman–Crippen MR) is 155 cm³/mol. The number of pyridine rings is 2. The van der Waals surface area contributed by atoms with E-state index in [2.05, 4.69) is 37.5 Å². The normalized spacial score (nSPS) is 16.6. The van der Waals surface area contributed by atoms with Crippen molar-refractivity contribution in [2.45, 2.75) is 37.8 Å². The zero-order valence-electron chi connectivity index (χ0n) is 22.0. The summed E-state index contributed by atoms with van der Waals surface area (Å²) in [5.74, 6) is 0.783. The fourth-order valence-electron chi connectivity index (χ4n) is 5.09. The highest BCUT2D eigenvalue weighted by molar-refractivity contribution is 5.85. The van der Waals surface area contributed by atoms with E-state index in [4.69, 9.17) is 10.5 Å². The molecule has 6 rings (SSSR count). The van der Waals surface area contributed by atoms with Gasteiger partial charge in [0.05, 0.1) is 36.2 Å². The zero-order chi connectivity index (χ0) is 26.9. The molecule has 4 aromatic rings. The third-order valence-corrected chi connectivity index (χ3v) is 7.22. The van der Waals surface area contributed by atoms with Crippen LogP contribution in [0.4, 0.5) is 21.7 Å². The van der Waals surface area contributed by atoms with Gasteiger partial charge in [-0.1, -0.05) is 6.07 Å². The number of piperidine rings is 1. The minimum absolute atomic E-state index is 0. The Morgan fingerprint density at radius 1 is 1.15 bits per heavy atom.